The second kappa shape index (κ2) is 6.27. The monoisotopic (exact) mass is 295 g/mol. The molecule has 0 fully saturated rings. The van der Waals surface area contributed by atoms with Gasteiger partial charge < -0.3 is 10.1 Å². The van der Waals surface area contributed by atoms with E-state index >= 15 is 0 Å². The Balaban J connectivity index is 2.03. The van der Waals surface area contributed by atoms with Gasteiger partial charge >= 0.3 is 0 Å². The molecule has 0 aliphatic carbocycles. The van der Waals surface area contributed by atoms with Gasteiger partial charge in [0.05, 0.1) is 18.0 Å². The lowest BCUT2D eigenvalue weighted by Crippen LogP contribution is -2.29. The summed E-state index contributed by atoms with van der Waals surface area (Å²) in [5.74, 6) is 0.755. The first-order valence-corrected chi connectivity index (χ1v) is 6.84. The van der Waals surface area contributed by atoms with Crippen LogP contribution in [-0.2, 0) is 4.79 Å². The van der Waals surface area contributed by atoms with E-state index in [1.165, 1.54) is 6.20 Å². The van der Waals surface area contributed by atoms with Crippen LogP contribution in [0.15, 0.2) is 42.6 Å². The predicted octanol–water partition coefficient (Wildman–Crippen LogP) is 3.67. The van der Waals surface area contributed by atoms with Crippen LogP contribution in [0.4, 0.5) is 5.69 Å². The summed E-state index contributed by atoms with van der Waals surface area (Å²) in [5.41, 5.74) is 0.583. The second-order valence-electron chi connectivity index (χ2n) is 5.49. The number of carbonyl (C=O) groups is 1. The van der Waals surface area contributed by atoms with Crippen LogP contribution in [0.5, 0.6) is 11.6 Å². The van der Waals surface area contributed by atoms with E-state index in [1.54, 1.807) is 26.0 Å². The standard InChI is InChI=1S/C17H17N3O2/c1-12-4-7-14(8-5-12)22-15-9-6-13(10-19-15)20-16(21)17(2,3)11-18/h4-10H,1-3H3,(H,20,21). The molecule has 1 aromatic heterocycles. The van der Waals surface area contributed by atoms with Crippen molar-refractivity contribution in [3.8, 4) is 17.7 Å². The summed E-state index contributed by atoms with van der Waals surface area (Å²) < 4.78 is 5.61. The van der Waals surface area contributed by atoms with E-state index in [0.29, 0.717) is 17.3 Å². The molecule has 0 aliphatic rings. The maximum absolute atomic E-state index is 11.9. The molecule has 0 saturated heterocycles. The fraction of sp³-hybridized carbons (Fsp3) is 0.235. The number of nitriles is 1. The van der Waals surface area contributed by atoms with Crippen molar-refractivity contribution in [2.45, 2.75) is 20.8 Å². The molecular weight excluding hydrogens is 278 g/mol. The number of aryl methyl sites for hydroxylation is 1. The predicted molar refractivity (Wildman–Crippen MR) is 83.5 cm³/mol. The summed E-state index contributed by atoms with van der Waals surface area (Å²) in [6.45, 7) is 5.12. The number of amides is 1. The van der Waals surface area contributed by atoms with E-state index in [1.807, 2.05) is 37.3 Å². The molecule has 112 valence electrons. The number of nitrogens with zero attached hydrogens (tertiary/aromatic N) is 2. The third kappa shape index (κ3) is 3.83. The maximum Gasteiger partial charge on any atom is 0.244 e. The van der Waals surface area contributed by atoms with Crippen LogP contribution in [0.1, 0.15) is 19.4 Å². The molecule has 0 radical (unpaired) electrons. The highest BCUT2D eigenvalue weighted by atomic mass is 16.5. The summed E-state index contributed by atoms with van der Waals surface area (Å²) in [6.07, 6.45) is 1.49. The Bertz CT molecular complexity index is 698. The molecule has 0 aliphatic heterocycles. The molecule has 0 unspecified atom stereocenters. The fourth-order valence-corrected chi connectivity index (χ4v) is 1.58. The van der Waals surface area contributed by atoms with Gasteiger partial charge in [-0.1, -0.05) is 17.7 Å². The summed E-state index contributed by atoms with van der Waals surface area (Å²) in [4.78, 5) is 16.0. The molecule has 1 aromatic carbocycles. The quantitative estimate of drug-likeness (QED) is 0.933. The summed E-state index contributed by atoms with van der Waals surface area (Å²) in [7, 11) is 0. The Morgan fingerprint density at radius 3 is 2.45 bits per heavy atom. The highest BCUT2D eigenvalue weighted by Gasteiger charge is 2.27. The van der Waals surface area contributed by atoms with Crippen LogP contribution in [0.2, 0.25) is 0 Å². The second-order valence-corrected chi connectivity index (χ2v) is 5.49. The van der Waals surface area contributed by atoms with Gasteiger partial charge in [-0.05, 0) is 39.0 Å². The van der Waals surface area contributed by atoms with Gasteiger partial charge in [0.1, 0.15) is 11.2 Å². The molecule has 0 saturated carbocycles. The maximum atomic E-state index is 11.9. The van der Waals surface area contributed by atoms with Gasteiger partial charge in [-0.15, -0.1) is 0 Å². The van der Waals surface area contributed by atoms with E-state index in [-0.39, 0.29) is 5.91 Å². The number of anilines is 1. The van der Waals surface area contributed by atoms with Gasteiger partial charge in [-0.25, -0.2) is 4.98 Å². The molecule has 5 nitrogen and oxygen atoms in total. The van der Waals surface area contributed by atoms with E-state index in [4.69, 9.17) is 10.00 Å². The molecule has 2 rings (SSSR count). The van der Waals surface area contributed by atoms with Crippen molar-refractivity contribution < 1.29 is 9.53 Å². The van der Waals surface area contributed by atoms with Crippen LogP contribution in [0, 0.1) is 23.7 Å². The minimum absolute atomic E-state index is 0.371. The molecule has 2 aromatic rings. The number of hydrogen-bond donors (Lipinski definition) is 1. The van der Waals surface area contributed by atoms with Crippen LogP contribution in [0.3, 0.4) is 0 Å². The Labute approximate surface area is 129 Å². The summed E-state index contributed by atoms with van der Waals surface area (Å²) in [6, 6.07) is 12.9. The van der Waals surface area contributed by atoms with Crippen molar-refractivity contribution in [1.82, 2.24) is 4.98 Å². The number of rotatable bonds is 4. The lowest BCUT2D eigenvalue weighted by Gasteiger charge is -2.14. The zero-order chi connectivity index (χ0) is 16.2. The molecule has 1 amide bonds. The number of carbonyl (C=O) groups excluding carboxylic acids is 1. The lowest BCUT2D eigenvalue weighted by molar-refractivity contribution is -0.121. The molecule has 0 spiro atoms. The molecule has 22 heavy (non-hydrogen) atoms. The van der Waals surface area contributed by atoms with Crippen LogP contribution in [0.25, 0.3) is 0 Å². The Hall–Kier alpha value is -2.87. The van der Waals surface area contributed by atoms with E-state index < -0.39 is 5.41 Å². The molecule has 1 heterocycles. The molecule has 0 bridgehead atoms. The van der Waals surface area contributed by atoms with Gasteiger partial charge in [0, 0.05) is 6.07 Å². The number of nitrogens with one attached hydrogen (secondary N) is 1. The van der Waals surface area contributed by atoms with Crippen molar-refractivity contribution in [3.05, 3.63) is 48.2 Å². The van der Waals surface area contributed by atoms with Crippen molar-refractivity contribution in [3.63, 3.8) is 0 Å². The molecule has 0 atom stereocenters. The molecule has 1 N–H and O–H groups in total. The fourth-order valence-electron chi connectivity index (χ4n) is 1.58. The van der Waals surface area contributed by atoms with Crippen LogP contribution >= 0.6 is 0 Å². The number of pyridine rings is 1. The van der Waals surface area contributed by atoms with Gasteiger partial charge in [0.25, 0.3) is 0 Å². The Kier molecular flexibility index (Phi) is 4.42. The Morgan fingerprint density at radius 1 is 1.23 bits per heavy atom. The van der Waals surface area contributed by atoms with Crippen molar-refractivity contribution >= 4 is 11.6 Å². The summed E-state index contributed by atoms with van der Waals surface area (Å²) >= 11 is 0. The number of aromatic nitrogens is 1. The van der Waals surface area contributed by atoms with Crippen molar-refractivity contribution in [2.24, 2.45) is 5.41 Å². The topological polar surface area (TPSA) is 75.0 Å². The number of hydrogen-bond acceptors (Lipinski definition) is 4. The lowest BCUT2D eigenvalue weighted by atomic mass is 9.95. The van der Waals surface area contributed by atoms with Gasteiger partial charge in [0.2, 0.25) is 11.8 Å². The largest absolute Gasteiger partial charge is 0.439 e. The van der Waals surface area contributed by atoms with Crippen LogP contribution < -0.4 is 10.1 Å². The third-order valence-corrected chi connectivity index (χ3v) is 3.08. The van der Waals surface area contributed by atoms with Crippen molar-refractivity contribution in [2.75, 3.05) is 5.32 Å². The van der Waals surface area contributed by atoms with Crippen LogP contribution in [-0.4, -0.2) is 10.9 Å². The van der Waals surface area contributed by atoms with E-state index in [9.17, 15) is 4.79 Å². The first-order chi connectivity index (χ1) is 10.4. The van der Waals surface area contributed by atoms with Crippen molar-refractivity contribution in [1.29, 1.82) is 5.26 Å². The average Bonchev–Trinajstić information content (AvgIpc) is 2.51. The Morgan fingerprint density at radius 2 is 1.91 bits per heavy atom. The van der Waals surface area contributed by atoms with E-state index in [0.717, 1.165) is 5.56 Å². The minimum Gasteiger partial charge on any atom is -0.439 e. The zero-order valence-corrected chi connectivity index (χ0v) is 12.8. The zero-order valence-electron chi connectivity index (χ0n) is 12.8. The average molecular weight is 295 g/mol. The number of benzene rings is 1. The van der Waals surface area contributed by atoms with Gasteiger partial charge in [-0.2, -0.15) is 5.26 Å². The first-order valence-electron chi connectivity index (χ1n) is 6.84. The molecular formula is C17H17N3O2. The minimum atomic E-state index is -1.09. The highest BCUT2D eigenvalue weighted by Crippen LogP contribution is 2.22. The SMILES string of the molecule is Cc1ccc(Oc2ccc(NC(=O)C(C)(C)C#N)cn2)cc1. The smallest absolute Gasteiger partial charge is 0.244 e. The van der Waals surface area contributed by atoms with Gasteiger partial charge in [-0.3, -0.25) is 4.79 Å². The van der Waals surface area contributed by atoms with E-state index in [2.05, 4.69) is 10.3 Å². The third-order valence-electron chi connectivity index (χ3n) is 3.08. The van der Waals surface area contributed by atoms with Gasteiger partial charge in [0.15, 0.2) is 0 Å². The number of ether oxygens (including phenoxy) is 1. The highest BCUT2D eigenvalue weighted by molar-refractivity contribution is 5.96. The normalized spacial score (nSPS) is 10.6. The first kappa shape index (κ1) is 15.5. The summed E-state index contributed by atoms with van der Waals surface area (Å²) in [5, 5.41) is 11.6. The molecule has 5 heteroatoms.